The summed E-state index contributed by atoms with van der Waals surface area (Å²) in [5.74, 6) is 2.43. The highest BCUT2D eigenvalue weighted by atomic mass is 35.5. The summed E-state index contributed by atoms with van der Waals surface area (Å²) in [6.45, 7) is 8.03. The first-order valence-corrected chi connectivity index (χ1v) is 8.45. The average molecular weight is 294 g/mol. The Hall–Kier alpha value is -0.530. The Bertz CT molecular complexity index is 416. The van der Waals surface area contributed by atoms with Gasteiger partial charge in [-0.15, -0.1) is 0 Å². The van der Waals surface area contributed by atoms with Crippen molar-refractivity contribution < 1.29 is 0 Å². The van der Waals surface area contributed by atoms with Crippen LogP contribution < -0.4 is 5.32 Å². The summed E-state index contributed by atoms with van der Waals surface area (Å²) in [5.41, 5.74) is 1.38. The molecule has 1 fully saturated rings. The predicted molar refractivity (Wildman–Crippen MR) is 88.3 cm³/mol. The maximum Gasteiger partial charge on any atom is 0.0408 e. The Balaban J connectivity index is 2.06. The Kier molecular flexibility index (Phi) is 5.92. The van der Waals surface area contributed by atoms with Gasteiger partial charge in [0.1, 0.15) is 0 Å². The molecule has 0 heterocycles. The van der Waals surface area contributed by atoms with Crippen LogP contribution in [-0.4, -0.2) is 12.6 Å². The number of hydrogen-bond acceptors (Lipinski definition) is 1. The van der Waals surface area contributed by atoms with Gasteiger partial charge in [-0.25, -0.2) is 0 Å². The van der Waals surface area contributed by atoms with Gasteiger partial charge in [0.25, 0.3) is 0 Å². The lowest BCUT2D eigenvalue weighted by atomic mass is 9.71. The lowest BCUT2D eigenvalue weighted by Gasteiger charge is -2.38. The zero-order valence-corrected chi connectivity index (χ0v) is 13.8. The highest BCUT2D eigenvalue weighted by Gasteiger charge is 2.31. The first-order chi connectivity index (χ1) is 9.60. The molecule has 0 radical (unpaired) electrons. The van der Waals surface area contributed by atoms with E-state index in [2.05, 4.69) is 44.3 Å². The van der Waals surface area contributed by atoms with E-state index >= 15 is 0 Å². The molecule has 1 N–H and O–H groups in total. The monoisotopic (exact) mass is 293 g/mol. The zero-order chi connectivity index (χ0) is 14.5. The summed E-state index contributed by atoms with van der Waals surface area (Å²) in [7, 11) is 0. The summed E-state index contributed by atoms with van der Waals surface area (Å²) in [6, 6.07) is 9.05. The molecule has 0 spiro atoms. The van der Waals surface area contributed by atoms with Gasteiger partial charge in [0, 0.05) is 11.1 Å². The molecule has 2 heteroatoms. The fourth-order valence-corrected chi connectivity index (χ4v) is 3.84. The van der Waals surface area contributed by atoms with Crippen LogP contribution in [0.3, 0.4) is 0 Å². The van der Waals surface area contributed by atoms with Gasteiger partial charge in [0.15, 0.2) is 0 Å². The van der Waals surface area contributed by atoms with Crippen LogP contribution in [0.5, 0.6) is 0 Å². The molecule has 1 aromatic carbocycles. The second-order valence-electron chi connectivity index (χ2n) is 6.58. The van der Waals surface area contributed by atoms with Crippen LogP contribution in [0.2, 0.25) is 5.02 Å². The number of nitrogens with one attached hydrogen (secondary N) is 1. The molecule has 1 nitrogen and oxygen atoms in total. The lowest BCUT2D eigenvalue weighted by molar-refractivity contribution is 0.169. The molecule has 0 aromatic heterocycles. The summed E-state index contributed by atoms with van der Waals surface area (Å²) in [4.78, 5) is 0. The molecule has 1 aliphatic rings. The predicted octanol–water partition coefficient (Wildman–Crippen LogP) is 4.93. The fourth-order valence-electron chi connectivity index (χ4n) is 3.63. The van der Waals surface area contributed by atoms with Gasteiger partial charge in [-0.05, 0) is 67.7 Å². The Morgan fingerprint density at radius 2 is 2.10 bits per heavy atom. The average Bonchev–Trinajstić information content (AvgIpc) is 2.41. The van der Waals surface area contributed by atoms with Crippen molar-refractivity contribution >= 4 is 11.6 Å². The van der Waals surface area contributed by atoms with Crippen molar-refractivity contribution in [3.05, 3.63) is 34.9 Å². The first-order valence-electron chi connectivity index (χ1n) is 8.08. The van der Waals surface area contributed by atoms with E-state index in [1.165, 1.54) is 24.8 Å². The minimum atomic E-state index is 0.675. The standard InChI is InChI=1S/C18H28ClN/c1-4-20-18-9-8-15(13(2)3)12-16(18)10-14-6-5-7-17(19)11-14/h5-7,11,13,15-16,18,20H,4,8-10,12H2,1-3H3. The van der Waals surface area contributed by atoms with Crippen molar-refractivity contribution in [1.82, 2.24) is 5.32 Å². The van der Waals surface area contributed by atoms with Crippen LogP contribution in [0.15, 0.2) is 24.3 Å². The van der Waals surface area contributed by atoms with Crippen molar-refractivity contribution in [1.29, 1.82) is 0 Å². The van der Waals surface area contributed by atoms with Crippen LogP contribution in [0.4, 0.5) is 0 Å². The van der Waals surface area contributed by atoms with E-state index in [1.807, 2.05) is 6.07 Å². The molecular formula is C18H28ClN. The Labute approximate surface area is 129 Å². The molecule has 2 rings (SSSR count). The van der Waals surface area contributed by atoms with Gasteiger partial charge >= 0.3 is 0 Å². The molecule has 0 aliphatic heterocycles. The van der Waals surface area contributed by atoms with Gasteiger partial charge in [-0.3, -0.25) is 0 Å². The van der Waals surface area contributed by atoms with Crippen molar-refractivity contribution in [2.24, 2.45) is 17.8 Å². The highest BCUT2D eigenvalue weighted by molar-refractivity contribution is 6.30. The summed E-state index contributed by atoms with van der Waals surface area (Å²) < 4.78 is 0. The minimum absolute atomic E-state index is 0.675. The van der Waals surface area contributed by atoms with Crippen molar-refractivity contribution in [3.63, 3.8) is 0 Å². The summed E-state index contributed by atoms with van der Waals surface area (Å²) >= 11 is 6.12. The van der Waals surface area contributed by atoms with Gasteiger partial charge in [0.05, 0.1) is 0 Å². The molecule has 1 aromatic rings. The third-order valence-corrected chi connectivity index (χ3v) is 5.05. The minimum Gasteiger partial charge on any atom is -0.314 e. The van der Waals surface area contributed by atoms with Crippen molar-refractivity contribution in [2.45, 2.75) is 52.5 Å². The highest BCUT2D eigenvalue weighted by Crippen LogP contribution is 2.35. The molecule has 3 unspecified atom stereocenters. The zero-order valence-electron chi connectivity index (χ0n) is 13.0. The second-order valence-corrected chi connectivity index (χ2v) is 7.01. The molecule has 3 atom stereocenters. The van der Waals surface area contributed by atoms with E-state index in [1.54, 1.807) is 0 Å². The van der Waals surface area contributed by atoms with E-state index in [9.17, 15) is 0 Å². The third-order valence-electron chi connectivity index (χ3n) is 4.82. The normalized spacial score (nSPS) is 26.9. The van der Waals surface area contributed by atoms with Crippen LogP contribution in [0.25, 0.3) is 0 Å². The van der Waals surface area contributed by atoms with Crippen LogP contribution in [-0.2, 0) is 6.42 Å². The molecule has 1 aliphatic carbocycles. The Morgan fingerprint density at radius 1 is 1.30 bits per heavy atom. The van der Waals surface area contributed by atoms with Gasteiger partial charge in [-0.2, -0.15) is 0 Å². The first kappa shape index (κ1) is 15.9. The van der Waals surface area contributed by atoms with Crippen LogP contribution in [0.1, 0.15) is 45.6 Å². The molecule has 112 valence electrons. The smallest absolute Gasteiger partial charge is 0.0408 e. The molecule has 0 bridgehead atoms. The fraction of sp³-hybridized carbons (Fsp3) is 0.667. The molecule has 0 saturated heterocycles. The quantitative estimate of drug-likeness (QED) is 0.811. The van der Waals surface area contributed by atoms with E-state index in [0.29, 0.717) is 6.04 Å². The van der Waals surface area contributed by atoms with Crippen LogP contribution in [0, 0.1) is 17.8 Å². The number of hydrogen-bond donors (Lipinski definition) is 1. The van der Waals surface area contributed by atoms with Crippen molar-refractivity contribution in [3.8, 4) is 0 Å². The van der Waals surface area contributed by atoms with E-state index in [0.717, 1.165) is 35.7 Å². The summed E-state index contributed by atoms with van der Waals surface area (Å²) in [6.07, 6.45) is 5.20. The molecule has 20 heavy (non-hydrogen) atoms. The van der Waals surface area contributed by atoms with Gasteiger partial charge in [-0.1, -0.05) is 44.5 Å². The third kappa shape index (κ3) is 4.23. The Morgan fingerprint density at radius 3 is 2.75 bits per heavy atom. The maximum absolute atomic E-state index is 6.12. The number of benzene rings is 1. The number of halogens is 1. The van der Waals surface area contributed by atoms with Gasteiger partial charge < -0.3 is 5.32 Å². The lowest BCUT2D eigenvalue weighted by Crippen LogP contribution is -2.42. The van der Waals surface area contributed by atoms with E-state index < -0.39 is 0 Å². The maximum atomic E-state index is 6.12. The van der Waals surface area contributed by atoms with Crippen LogP contribution >= 0.6 is 11.6 Å². The SMILES string of the molecule is CCNC1CCC(C(C)C)CC1Cc1cccc(Cl)c1. The summed E-state index contributed by atoms with van der Waals surface area (Å²) in [5, 5.41) is 4.56. The second kappa shape index (κ2) is 7.47. The van der Waals surface area contributed by atoms with E-state index in [4.69, 9.17) is 11.6 Å². The molecular weight excluding hydrogens is 266 g/mol. The van der Waals surface area contributed by atoms with Crippen molar-refractivity contribution in [2.75, 3.05) is 6.54 Å². The molecule has 1 saturated carbocycles. The van der Waals surface area contributed by atoms with E-state index in [-0.39, 0.29) is 0 Å². The molecule has 0 amide bonds. The topological polar surface area (TPSA) is 12.0 Å². The largest absolute Gasteiger partial charge is 0.314 e. The van der Waals surface area contributed by atoms with Gasteiger partial charge in [0.2, 0.25) is 0 Å². The number of rotatable bonds is 5.